The summed E-state index contributed by atoms with van der Waals surface area (Å²) in [5, 5.41) is 3.14. The minimum Gasteiger partial charge on any atom is -0.355 e. The molecule has 0 atom stereocenters. The van der Waals surface area contributed by atoms with Crippen LogP contribution in [-0.4, -0.2) is 12.5 Å². The summed E-state index contributed by atoms with van der Waals surface area (Å²) < 4.78 is 0. The van der Waals surface area contributed by atoms with Gasteiger partial charge in [-0.05, 0) is 37.5 Å². The Bertz CT molecular complexity index is 214. The molecule has 1 amide bonds. The molecule has 0 aliphatic heterocycles. The Morgan fingerprint density at radius 1 is 1.36 bits per heavy atom. The largest absolute Gasteiger partial charge is 0.355 e. The summed E-state index contributed by atoms with van der Waals surface area (Å²) in [5.74, 6) is 0.676. The third-order valence-corrected chi connectivity index (χ3v) is 4.00. The van der Waals surface area contributed by atoms with Gasteiger partial charge in [-0.2, -0.15) is 0 Å². The average molecular weight is 195 g/mol. The molecule has 2 saturated carbocycles. The summed E-state index contributed by atoms with van der Waals surface area (Å²) in [6.07, 6.45) is 8.79. The predicted octanol–water partition coefficient (Wildman–Crippen LogP) is 2.48. The van der Waals surface area contributed by atoms with E-state index in [0.29, 0.717) is 17.2 Å². The zero-order valence-corrected chi connectivity index (χ0v) is 9.14. The Morgan fingerprint density at radius 2 is 2.00 bits per heavy atom. The maximum Gasteiger partial charge on any atom is 0.223 e. The van der Waals surface area contributed by atoms with Crippen LogP contribution in [0.1, 0.15) is 51.9 Å². The summed E-state index contributed by atoms with van der Waals surface area (Å²) in [6.45, 7) is 3.19. The van der Waals surface area contributed by atoms with Gasteiger partial charge in [0.1, 0.15) is 0 Å². The number of rotatable bonds is 4. The van der Waals surface area contributed by atoms with Crippen LogP contribution in [0.25, 0.3) is 0 Å². The van der Waals surface area contributed by atoms with Gasteiger partial charge in [0.25, 0.3) is 0 Å². The Kier molecular flexibility index (Phi) is 2.80. The SMILES string of the molecule is CCC1(CNC(=O)C2CC2)CCCC1. The van der Waals surface area contributed by atoms with Gasteiger partial charge >= 0.3 is 0 Å². The van der Waals surface area contributed by atoms with Crippen LogP contribution in [0.2, 0.25) is 0 Å². The van der Waals surface area contributed by atoms with E-state index < -0.39 is 0 Å². The predicted molar refractivity (Wildman–Crippen MR) is 56.9 cm³/mol. The second kappa shape index (κ2) is 3.92. The van der Waals surface area contributed by atoms with E-state index in [-0.39, 0.29) is 0 Å². The van der Waals surface area contributed by atoms with Crippen molar-refractivity contribution in [2.24, 2.45) is 11.3 Å². The van der Waals surface area contributed by atoms with Crippen molar-refractivity contribution in [2.75, 3.05) is 6.54 Å². The monoisotopic (exact) mass is 195 g/mol. The molecule has 2 rings (SSSR count). The first-order valence-corrected chi connectivity index (χ1v) is 6.03. The Labute approximate surface area is 86.5 Å². The van der Waals surface area contributed by atoms with Gasteiger partial charge in [0, 0.05) is 12.5 Å². The lowest BCUT2D eigenvalue weighted by Gasteiger charge is -2.27. The fraction of sp³-hybridized carbons (Fsp3) is 0.917. The Hall–Kier alpha value is -0.530. The van der Waals surface area contributed by atoms with Crippen molar-refractivity contribution in [3.05, 3.63) is 0 Å². The van der Waals surface area contributed by atoms with E-state index in [2.05, 4.69) is 12.2 Å². The number of carbonyl (C=O) groups excluding carboxylic acids is 1. The summed E-state index contributed by atoms with van der Waals surface area (Å²) >= 11 is 0. The molecule has 2 aliphatic carbocycles. The van der Waals surface area contributed by atoms with E-state index in [4.69, 9.17) is 0 Å². The molecular weight excluding hydrogens is 174 g/mol. The molecule has 14 heavy (non-hydrogen) atoms. The van der Waals surface area contributed by atoms with E-state index >= 15 is 0 Å². The summed E-state index contributed by atoms with van der Waals surface area (Å²) in [4.78, 5) is 11.5. The summed E-state index contributed by atoms with van der Waals surface area (Å²) in [5.41, 5.74) is 0.449. The molecule has 0 unspecified atom stereocenters. The van der Waals surface area contributed by atoms with Crippen molar-refractivity contribution in [1.82, 2.24) is 5.32 Å². The first-order valence-electron chi connectivity index (χ1n) is 6.03. The van der Waals surface area contributed by atoms with Gasteiger partial charge in [0.05, 0.1) is 0 Å². The normalized spacial score (nSPS) is 24.9. The highest BCUT2D eigenvalue weighted by molar-refractivity contribution is 5.80. The lowest BCUT2D eigenvalue weighted by molar-refractivity contribution is -0.122. The first kappa shape index (κ1) is 10.0. The van der Waals surface area contributed by atoms with Crippen LogP contribution in [0.3, 0.4) is 0 Å². The zero-order chi connectivity index (χ0) is 10.0. The third-order valence-electron chi connectivity index (χ3n) is 4.00. The highest BCUT2D eigenvalue weighted by Gasteiger charge is 2.35. The topological polar surface area (TPSA) is 29.1 Å². The van der Waals surface area contributed by atoms with E-state index in [1.165, 1.54) is 32.1 Å². The molecule has 0 aromatic heterocycles. The maximum absolute atomic E-state index is 11.5. The van der Waals surface area contributed by atoms with E-state index in [1.807, 2.05) is 0 Å². The fourth-order valence-electron chi connectivity index (χ4n) is 2.54. The van der Waals surface area contributed by atoms with Gasteiger partial charge in [-0.25, -0.2) is 0 Å². The van der Waals surface area contributed by atoms with Gasteiger partial charge in [-0.3, -0.25) is 4.79 Å². The maximum atomic E-state index is 11.5. The minimum atomic E-state index is 0.310. The van der Waals surface area contributed by atoms with Crippen LogP contribution >= 0.6 is 0 Å². The molecule has 0 spiro atoms. The summed E-state index contributed by atoms with van der Waals surface area (Å²) in [7, 11) is 0. The van der Waals surface area contributed by atoms with Gasteiger partial charge in [0.2, 0.25) is 5.91 Å². The molecule has 2 nitrogen and oxygen atoms in total. The fourth-order valence-corrected chi connectivity index (χ4v) is 2.54. The van der Waals surface area contributed by atoms with Gasteiger partial charge in [-0.1, -0.05) is 19.8 Å². The van der Waals surface area contributed by atoms with E-state index in [0.717, 1.165) is 19.4 Å². The highest BCUT2D eigenvalue weighted by atomic mass is 16.2. The molecule has 0 aromatic rings. The van der Waals surface area contributed by atoms with Crippen molar-refractivity contribution < 1.29 is 4.79 Å². The molecule has 2 aliphatic rings. The van der Waals surface area contributed by atoms with Gasteiger partial charge in [0.15, 0.2) is 0 Å². The third kappa shape index (κ3) is 2.10. The lowest BCUT2D eigenvalue weighted by Crippen LogP contribution is -2.36. The molecule has 0 saturated heterocycles. The molecule has 0 heterocycles. The van der Waals surface area contributed by atoms with Crippen LogP contribution in [0.15, 0.2) is 0 Å². The zero-order valence-electron chi connectivity index (χ0n) is 9.14. The number of carbonyl (C=O) groups is 1. The molecule has 1 N–H and O–H groups in total. The van der Waals surface area contributed by atoms with E-state index in [1.54, 1.807) is 0 Å². The number of amides is 1. The van der Waals surface area contributed by atoms with Crippen LogP contribution in [0.4, 0.5) is 0 Å². The standard InChI is InChI=1S/C12H21NO/c1-2-12(7-3-4-8-12)9-13-11(14)10-5-6-10/h10H,2-9H2,1H3,(H,13,14). The van der Waals surface area contributed by atoms with Crippen molar-refractivity contribution in [3.8, 4) is 0 Å². The van der Waals surface area contributed by atoms with Gasteiger partial charge in [-0.15, -0.1) is 0 Å². The van der Waals surface area contributed by atoms with Gasteiger partial charge < -0.3 is 5.32 Å². The second-order valence-electron chi connectivity index (χ2n) is 5.05. The van der Waals surface area contributed by atoms with Crippen LogP contribution < -0.4 is 5.32 Å². The second-order valence-corrected chi connectivity index (χ2v) is 5.05. The van der Waals surface area contributed by atoms with Crippen molar-refractivity contribution in [3.63, 3.8) is 0 Å². The number of hydrogen-bond donors (Lipinski definition) is 1. The first-order chi connectivity index (χ1) is 6.76. The highest BCUT2D eigenvalue weighted by Crippen LogP contribution is 2.40. The Balaban J connectivity index is 1.79. The molecule has 0 aromatic carbocycles. The molecule has 0 radical (unpaired) electrons. The van der Waals surface area contributed by atoms with Crippen LogP contribution in [0, 0.1) is 11.3 Å². The van der Waals surface area contributed by atoms with Crippen molar-refractivity contribution in [1.29, 1.82) is 0 Å². The number of nitrogens with one attached hydrogen (secondary N) is 1. The van der Waals surface area contributed by atoms with Crippen molar-refractivity contribution in [2.45, 2.75) is 51.9 Å². The summed E-state index contributed by atoms with van der Waals surface area (Å²) in [6, 6.07) is 0. The molecule has 2 fully saturated rings. The smallest absolute Gasteiger partial charge is 0.223 e. The number of hydrogen-bond acceptors (Lipinski definition) is 1. The Morgan fingerprint density at radius 3 is 2.50 bits per heavy atom. The molecule has 0 bridgehead atoms. The molecule has 2 heteroatoms. The average Bonchev–Trinajstić information content (AvgIpc) is 2.95. The lowest BCUT2D eigenvalue weighted by atomic mass is 9.83. The molecule has 80 valence electrons. The van der Waals surface area contributed by atoms with Crippen LogP contribution in [0.5, 0.6) is 0 Å². The quantitative estimate of drug-likeness (QED) is 0.733. The van der Waals surface area contributed by atoms with E-state index in [9.17, 15) is 4.79 Å². The van der Waals surface area contributed by atoms with Crippen LogP contribution in [-0.2, 0) is 4.79 Å². The molecular formula is C12H21NO. The van der Waals surface area contributed by atoms with Crippen molar-refractivity contribution >= 4 is 5.91 Å². The minimum absolute atomic E-state index is 0.310.